The molecule has 1 fully saturated rings. The molecule has 1 amide bonds. The second-order valence-corrected chi connectivity index (χ2v) is 8.09. The quantitative estimate of drug-likeness (QED) is 0.932. The lowest BCUT2D eigenvalue weighted by Crippen LogP contribution is -2.37. The Hall–Kier alpha value is -1.42. The SMILES string of the molecule is C[C@H]1CCCN([C@@H](C)c2cc(C(N)=O)nc3c2CCC3(C)C)C1. The molecular formula is C19H29N3O. The maximum atomic E-state index is 11.8. The first-order valence-electron chi connectivity index (χ1n) is 8.87. The Morgan fingerprint density at radius 2 is 2.22 bits per heavy atom. The van der Waals surface area contributed by atoms with Gasteiger partial charge in [-0.1, -0.05) is 20.8 Å². The third kappa shape index (κ3) is 3.01. The Morgan fingerprint density at radius 1 is 1.48 bits per heavy atom. The summed E-state index contributed by atoms with van der Waals surface area (Å²) in [5.74, 6) is 0.323. The minimum Gasteiger partial charge on any atom is -0.364 e. The second kappa shape index (κ2) is 5.90. The van der Waals surface area contributed by atoms with Crippen LogP contribution in [0.3, 0.4) is 0 Å². The summed E-state index contributed by atoms with van der Waals surface area (Å²) in [6.45, 7) is 11.3. The molecule has 2 aliphatic rings. The summed E-state index contributed by atoms with van der Waals surface area (Å²) < 4.78 is 0. The van der Waals surface area contributed by atoms with Crippen LogP contribution in [0.4, 0.5) is 0 Å². The zero-order valence-electron chi connectivity index (χ0n) is 14.9. The fraction of sp³-hybridized carbons (Fsp3) is 0.684. The van der Waals surface area contributed by atoms with Gasteiger partial charge in [0.05, 0.1) is 5.69 Å². The van der Waals surface area contributed by atoms with E-state index in [1.54, 1.807) is 0 Å². The van der Waals surface area contributed by atoms with E-state index in [0.29, 0.717) is 11.7 Å². The molecule has 1 aromatic heterocycles. The van der Waals surface area contributed by atoms with Crippen molar-refractivity contribution in [3.05, 3.63) is 28.6 Å². The lowest BCUT2D eigenvalue weighted by atomic mass is 9.89. The molecule has 2 heterocycles. The maximum absolute atomic E-state index is 11.8. The molecule has 1 aromatic rings. The minimum absolute atomic E-state index is 0.0322. The fourth-order valence-corrected chi connectivity index (χ4v) is 4.24. The van der Waals surface area contributed by atoms with Crippen LogP contribution in [0.25, 0.3) is 0 Å². The molecule has 0 aromatic carbocycles. The molecular weight excluding hydrogens is 286 g/mol. The highest BCUT2D eigenvalue weighted by Crippen LogP contribution is 2.41. The zero-order chi connectivity index (χ0) is 16.8. The first-order chi connectivity index (χ1) is 10.8. The topological polar surface area (TPSA) is 59.2 Å². The third-order valence-electron chi connectivity index (χ3n) is 5.74. The summed E-state index contributed by atoms with van der Waals surface area (Å²) in [7, 11) is 0. The number of likely N-dealkylation sites (tertiary alicyclic amines) is 1. The van der Waals surface area contributed by atoms with E-state index in [1.165, 1.54) is 24.0 Å². The Morgan fingerprint density at radius 3 is 2.87 bits per heavy atom. The largest absolute Gasteiger partial charge is 0.364 e. The van der Waals surface area contributed by atoms with E-state index in [4.69, 9.17) is 5.73 Å². The summed E-state index contributed by atoms with van der Waals surface area (Å²) in [6.07, 6.45) is 4.72. The lowest BCUT2D eigenvalue weighted by Gasteiger charge is -2.36. The van der Waals surface area contributed by atoms with Crippen LogP contribution in [-0.2, 0) is 11.8 Å². The van der Waals surface area contributed by atoms with Gasteiger partial charge in [-0.25, -0.2) is 4.98 Å². The number of hydrogen-bond donors (Lipinski definition) is 1. The molecule has 2 atom stereocenters. The van der Waals surface area contributed by atoms with Crippen LogP contribution in [0.15, 0.2) is 6.07 Å². The van der Waals surface area contributed by atoms with Gasteiger partial charge in [0.1, 0.15) is 5.69 Å². The van der Waals surface area contributed by atoms with Crippen molar-refractivity contribution < 1.29 is 4.79 Å². The van der Waals surface area contributed by atoms with Crippen LogP contribution >= 0.6 is 0 Å². The molecule has 1 aliphatic heterocycles. The van der Waals surface area contributed by atoms with E-state index >= 15 is 0 Å². The molecule has 1 aliphatic carbocycles. The number of rotatable bonds is 3. The van der Waals surface area contributed by atoms with Crippen molar-refractivity contribution in [2.75, 3.05) is 13.1 Å². The molecule has 0 unspecified atom stereocenters. The van der Waals surface area contributed by atoms with Crippen LogP contribution in [-0.4, -0.2) is 28.9 Å². The number of carbonyl (C=O) groups is 1. The molecule has 4 heteroatoms. The van der Waals surface area contributed by atoms with Gasteiger partial charge in [0, 0.05) is 18.0 Å². The first kappa shape index (κ1) is 16.4. The molecule has 3 rings (SSSR count). The van der Waals surface area contributed by atoms with Crippen molar-refractivity contribution in [1.82, 2.24) is 9.88 Å². The van der Waals surface area contributed by atoms with Crippen LogP contribution in [0.5, 0.6) is 0 Å². The predicted octanol–water partition coefficient (Wildman–Crippen LogP) is 3.20. The smallest absolute Gasteiger partial charge is 0.267 e. The molecule has 0 radical (unpaired) electrons. The van der Waals surface area contributed by atoms with Crippen LogP contribution in [0.1, 0.15) is 80.3 Å². The molecule has 4 nitrogen and oxygen atoms in total. The zero-order valence-corrected chi connectivity index (χ0v) is 14.9. The van der Waals surface area contributed by atoms with Crippen molar-refractivity contribution in [3.63, 3.8) is 0 Å². The van der Waals surface area contributed by atoms with Gasteiger partial charge in [0.25, 0.3) is 5.91 Å². The fourth-order valence-electron chi connectivity index (χ4n) is 4.24. The minimum atomic E-state index is -0.420. The van der Waals surface area contributed by atoms with E-state index in [9.17, 15) is 4.79 Å². The van der Waals surface area contributed by atoms with E-state index in [-0.39, 0.29) is 5.41 Å². The van der Waals surface area contributed by atoms with Crippen molar-refractivity contribution in [1.29, 1.82) is 0 Å². The monoisotopic (exact) mass is 315 g/mol. The summed E-state index contributed by atoms with van der Waals surface area (Å²) in [6, 6.07) is 2.27. The van der Waals surface area contributed by atoms with E-state index in [0.717, 1.165) is 37.5 Å². The average Bonchev–Trinajstić information content (AvgIpc) is 2.81. The lowest BCUT2D eigenvalue weighted by molar-refractivity contribution is 0.0994. The van der Waals surface area contributed by atoms with Gasteiger partial charge in [0.2, 0.25) is 0 Å². The second-order valence-electron chi connectivity index (χ2n) is 8.09. The highest BCUT2D eigenvalue weighted by atomic mass is 16.1. The van der Waals surface area contributed by atoms with Crippen molar-refractivity contribution >= 4 is 5.91 Å². The van der Waals surface area contributed by atoms with Crippen molar-refractivity contribution in [3.8, 4) is 0 Å². The summed E-state index contributed by atoms with van der Waals surface area (Å²) in [4.78, 5) is 18.9. The molecule has 1 saturated heterocycles. The van der Waals surface area contributed by atoms with Gasteiger partial charge in [0.15, 0.2) is 0 Å². The molecule has 2 N–H and O–H groups in total. The highest BCUT2D eigenvalue weighted by molar-refractivity contribution is 5.91. The van der Waals surface area contributed by atoms with Gasteiger partial charge >= 0.3 is 0 Å². The van der Waals surface area contributed by atoms with Crippen molar-refractivity contribution in [2.45, 2.75) is 64.8 Å². The Kier molecular flexibility index (Phi) is 4.21. The van der Waals surface area contributed by atoms with Gasteiger partial charge in [-0.15, -0.1) is 0 Å². The number of nitrogens with zero attached hydrogens (tertiary/aromatic N) is 2. The highest BCUT2D eigenvalue weighted by Gasteiger charge is 2.36. The van der Waals surface area contributed by atoms with Crippen LogP contribution < -0.4 is 5.73 Å². The van der Waals surface area contributed by atoms with Crippen LogP contribution in [0.2, 0.25) is 0 Å². The number of piperidine rings is 1. The molecule has 23 heavy (non-hydrogen) atoms. The molecule has 0 bridgehead atoms. The van der Waals surface area contributed by atoms with Crippen LogP contribution in [0, 0.1) is 5.92 Å². The number of primary amides is 1. The molecule has 0 saturated carbocycles. The Bertz CT molecular complexity index is 623. The Balaban J connectivity index is 2.03. The average molecular weight is 315 g/mol. The maximum Gasteiger partial charge on any atom is 0.267 e. The normalized spacial score (nSPS) is 25.1. The number of hydrogen-bond acceptors (Lipinski definition) is 3. The molecule has 0 spiro atoms. The number of fused-ring (bicyclic) bond motifs is 1. The number of nitrogens with two attached hydrogens (primary N) is 1. The van der Waals surface area contributed by atoms with Crippen molar-refractivity contribution in [2.24, 2.45) is 11.7 Å². The van der Waals surface area contributed by atoms with E-state index in [1.807, 2.05) is 6.07 Å². The first-order valence-corrected chi connectivity index (χ1v) is 8.87. The number of carbonyl (C=O) groups excluding carboxylic acids is 1. The summed E-state index contributed by atoms with van der Waals surface area (Å²) >= 11 is 0. The Labute approximate surface area is 139 Å². The number of amides is 1. The van der Waals surface area contributed by atoms with Gasteiger partial charge < -0.3 is 5.73 Å². The van der Waals surface area contributed by atoms with E-state index < -0.39 is 5.91 Å². The standard InChI is InChI=1S/C19H29N3O/c1-12-6-5-9-22(11-12)13(2)15-10-16(18(20)23)21-17-14(15)7-8-19(17,3)4/h10,12-13H,5-9,11H2,1-4H3,(H2,20,23)/t12-,13-/m0/s1. The van der Waals surface area contributed by atoms with Gasteiger partial charge in [-0.2, -0.15) is 0 Å². The summed E-state index contributed by atoms with van der Waals surface area (Å²) in [5.41, 5.74) is 9.71. The number of aromatic nitrogens is 1. The van der Waals surface area contributed by atoms with Gasteiger partial charge in [-0.3, -0.25) is 9.69 Å². The number of pyridine rings is 1. The molecule has 126 valence electrons. The van der Waals surface area contributed by atoms with Gasteiger partial charge in [-0.05, 0) is 62.3 Å². The predicted molar refractivity (Wildman–Crippen MR) is 92.5 cm³/mol. The third-order valence-corrected chi connectivity index (χ3v) is 5.74. The summed E-state index contributed by atoms with van der Waals surface area (Å²) in [5, 5.41) is 0. The van der Waals surface area contributed by atoms with E-state index in [2.05, 4.69) is 37.6 Å².